The fourth-order valence-electron chi connectivity index (χ4n) is 3.67. The zero-order valence-electron chi connectivity index (χ0n) is 22.3. The van der Waals surface area contributed by atoms with Crippen molar-refractivity contribution in [1.82, 2.24) is 10.3 Å². The van der Waals surface area contributed by atoms with Gasteiger partial charge >= 0.3 is 7.82 Å². The van der Waals surface area contributed by atoms with Gasteiger partial charge in [0.15, 0.2) is 0 Å². The van der Waals surface area contributed by atoms with Gasteiger partial charge in [-0.3, -0.25) is 19.1 Å². The number of halogens is 1. The number of phosphoric acid groups is 1. The first-order valence-corrected chi connectivity index (χ1v) is 13.8. The molecule has 0 spiro atoms. The summed E-state index contributed by atoms with van der Waals surface area (Å²) in [6, 6.07) is 12.3. The lowest BCUT2D eigenvalue weighted by molar-refractivity contribution is -0.120. The number of hydrogen-bond donors (Lipinski definition) is 3. The lowest BCUT2D eigenvalue weighted by Crippen LogP contribution is -2.49. The summed E-state index contributed by atoms with van der Waals surface area (Å²) in [4.78, 5) is 49.5. The highest BCUT2D eigenvalue weighted by molar-refractivity contribution is 7.46. The first kappa shape index (κ1) is 29.7. The van der Waals surface area contributed by atoms with E-state index in [-0.39, 0.29) is 18.9 Å². The summed E-state index contributed by atoms with van der Waals surface area (Å²) in [7, 11) is -3.09. The van der Waals surface area contributed by atoms with Gasteiger partial charge in [-0.1, -0.05) is 11.8 Å². The van der Waals surface area contributed by atoms with Gasteiger partial charge in [0, 0.05) is 24.9 Å². The van der Waals surface area contributed by atoms with Gasteiger partial charge in [-0.05, 0) is 62.4 Å². The Morgan fingerprint density at radius 2 is 1.93 bits per heavy atom. The monoisotopic (exact) mass is 583 g/mol. The van der Waals surface area contributed by atoms with Gasteiger partial charge in [-0.15, -0.1) is 0 Å². The fraction of sp³-hybridized carbons (Fsp3) is 0.250. The van der Waals surface area contributed by atoms with Crippen molar-refractivity contribution in [2.45, 2.75) is 19.9 Å². The third-order valence-electron chi connectivity index (χ3n) is 5.81. The van der Waals surface area contributed by atoms with Crippen LogP contribution in [0, 0.1) is 23.1 Å². The van der Waals surface area contributed by atoms with Gasteiger partial charge in [-0.25, -0.2) is 8.96 Å². The summed E-state index contributed by atoms with van der Waals surface area (Å²) in [5.74, 6) is 5.46. The molecule has 1 aromatic heterocycles. The molecule has 0 bridgehead atoms. The predicted molar refractivity (Wildman–Crippen MR) is 146 cm³/mol. The second kappa shape index (κ2) is 12.1. The SMILES string of the molecule is CN1C(=O)C(NC(=O)c2cc(Oc3ccc(F)cc3)ccn2)COc2ccc(C#CC(C)(C)COP(=O)(O)O)cc21. The minimum atomic E-state index is -4.63. The van der Waals surface area contributed by atoms with Gasteiger partial charge < -0.3 is 29.5 Å². The highest BCUT2D eigenvalue weighted by Gasteiger charge is 2.31. The fourth-order valence-corrected chi connectivity index (χ4v) is 4.16. The van der Waals surface area contributed by atoms with Crippen molar-refractivity contribution >= 4 is 25.3 Å². The lowest BCUT2D eigenvalue weighted by atomic mass is 9.95. The molecule has 13 heteroatoms. The maximum absolute atomic E-state index is 13.2. The molecule has 0 saturated heterocycles. The number of hydrogen-bond acceptors (Lipinski definition) is 7. The number of pyridine rings is 1. The maximum Gasteiger partial charge on any atom is 0.469 e. The van der Waals surface area contributed by atoms with Gasteiger partial charge in [-0.2, -0.15) is 0 Å². The second-order valence-electron chi connectivity index (χ2n) is 9.75. The van der Waals surface area contributed by atoms with E-state index in [9.17, 15) is 18.5 Å². The predicted octanol–water partition coefficient (Wildman–Crippen LogP) is 3.65. The number of fused-ring (bicyclic) bond motifs is 1. The third kappa shape index (κ3) is 8.13. The summed E-state index contributed by atoms with van der Waals surface area (Å²) in [6.07, 6.45) is 1.38. The minimum Gasteiger partial charge on any atom is -0.489 e. The van der Waals surface area contributed by atoms with Crippen molar-refractivity contribution in [2.75, 3.05) is 25.2 Å². The first-order chi connectivity index (χ1) is 19.3. The number of rotatable bonds is 7. The number of ether oxygens (including phenoxy) is 2. The quantitative estimate of drug-likeness (QED) is 0.280. The van der Waals surface area contributed by atoms with Crippen LogP contribution in [0.25, 0.3) is 0 Å². The standard InChI is InChI=1S/C28H27FN3O8P/c1-28(2,17-39-41(35,36)37)12-10-18-4-9-25-24(14-18)32(3)27(34)23(16-38-25)31-26(33)22-15-21(11-13-30-22)40-20-7-5-19(29)6-8-20/h4-9,11,13-15,23H,16-17H2,1-3H3,(H,31,33)(H2,35,36,37). The molecule has 1 aliphatic rings. The molecule has 0 aliphatic carbocycles. The van der Waals surface area contributed by atoms with E-state index < -0.39 is 36.9 Å². The minimum absolute atomic E-state index is 0.00438. The molecule has 2 aromatic carbocycles. The number of amides is 2. The Bertz CT molecular complexity index is 1560. The number of phosphoric ester groups is 1. The largest absolute Gasteiger partial charge is 0.489 e. The number of nitrogens with zero attached hydrogens (tertiary/aromatic N) is 2. The van der Waals surface area contributed by atoms with Crippen LogP contribution in [0.2, 0.25) is 0 Å². The molecule has 0 fully saturated rings. The number of nitrogens with one attached hydrogen (secondary N) is 1. The third-order valence-corrected chi connectivity index (χ3v) is 6.28. The summed E-state index contributed by atoms with van der Waals surface area (Å²) in [5.41, 5.74) is 0.0953. The zero-order valence-corrected chi connectivity index (χ0v) is 23.2. The van der Waals surface area contributed by atoms with Crippen LogP contribution in [0.15, 0.2) is 60.8 Å². The summed E-state index contributed by atoms with van der Waals surface area (Å²) < 4.78 is 40.2. The van der Waals surface area contributed by atoms with Crippen LogP contribution < -0.4 is 19.7 Å². The molecule has 3 aromatic rings. The molecule has 2 heterocycles. The summed E-state index contributed by atoms with van der Waals surface area (Å²) in [6.45, 7) is 2.93. The summed E-state index contributed by atoms with van der Waals surface area (Å²) in [5, 5.41) is 2.65. The normalized spacial score (nSPS) is 15.1. The average Bonchev–Trinajstić information content (AvgIpc) is 3.04. The molecule has 1 aliphatic heterocycles. The average molecular weight is 584 g/mol. The van der Waals surface area contributed by atoms with Crippen LogP contribution in [0.1, 0.15) is 29.9 Å². The van der Waals surface area contributed by atoms with Crippen molar-refractivity contribution < 1.29 is 42.3 Å². The molecule has 214 valence electrons. The number of aromatic nitrogens is 1. The highest BCUT2D eigenvalue weighted by atomic mass is 31.2. The van der Waals surface area contributed by atoms with E-state index in [1.807, 2.05) is 0 Å². The van der Waals surface area contributed by atoms with Gasteiger partial charge in [0.1, 0.15) is 41.4 Å². The zero-order chi connectivity index (χ0) is 29.8. The molecule has 3 N–H and O–H groups in total. The van der Waals surface area contributed by atoms with E-state index >= 15 is 0 Å². The molecule has 1 atom stereocenters. The molecular weight excluding hydrogens is 556 g/mol. The molecule has 2 amide bonds. The Morgan fingerprint density at radius 1 is 1.20 bits per heavy atom. The van der Waals surface area contributed by atoms with E-state index in [0.717, 1.165) is 0 Å². The lowest BCUT2D eigenvalue weighted by Gasteiger charge is -2.20. The first-order valence-electron chi connectivity index (χ1n) is 12.3. The van der Waals surface area contributed by atoms with Crippen LogP contribution in [0.3, 0.4) is 0 Å². The Labute approximate surface area is 235 Å². The van der Waals surface area contributed by atoms with E-state index in [0.29, 0.717) is 28.5 Å². The van der Waals surface area contributed by atoms with Crippen molar-refractivity contribution in [3.05, 3.63) is 77.9 Å². The second-order valence-corrected chi connectivity index (χ2v) is 11.0. The summed E-state index contributed by atoms with van der Waals surface area (Å²) >= 11 is 0. The number of likely N-dealkylation sites (N-methyl/N-ethyl adjacent to an activating group) is 1. The molecular formula is C28H27FN3O8P. The number of carbonyl (C=O) groups is 2. The molecule has 0 saturated carbocycles. The van der Waals surface area contributed by atoms with Crippen LogP contribution in [-0.4, -0.2) is 52.9 Å². The van der Waals surface area contributed by atoms with Crippen molar-refractivity contribution in [3.63, 3.8) is 0 Å². The Hall–Kier alpha value is -4.27. The van der Waals surface area contributed by atoms with Crippen molar-refractivity contribution in [1.29, 1.82) is 0 Å². The van der Waals surface area contributed by atoms with E-state index in [1.165, 1.54) is 47.5 Å². The Balaban J connectivity index is 1.45. The molecule has 1 unspecified atom stereocenters. The van der Waals surface area contributed by atoms with E-state index in [1.54, 1.807) is 39.1 Å². The smallest absolute Gasteiger partial charge is 0.469 e. The van der Waals surface area contributed by atoms with Crippen LogP contribution in [-0.2, 0) is 13.9 Å². The van der Waals surface area contributed by atoms with E-state index in [2.05, 4.69) is 26.7 Å². The van der Waals surface area contributed by atoms with E-state index in [4.69, 9.17) is 19.3 Å². The topological polar surface area (TPSA) is 148 Å². The van der Waals surface area contributed by atoms with Gasteiger partial charge in [0.05, 0.1) is 17.7 Å². The number of anilines is 1. The number of carbonyl (C=O) groups excluding carboxylic acids is 2. The molecule has 41 heavy (non-hydrogen) atoms. The molecule has 4 rings (SSSR count). The van der Waals surface area contributed by atoms with Crippen LogP contribution >= 0.6 is 7.82 Å². The van der Waals surface area contributed by atoms with Crippen LogP contribution in [0.5, 0.6) is 17.2 Å². The van der Waals surface area contributed by atoms with Crippen molar-refractivity contribution in [2.24, 2.45) is 5.41 Å². The molecule has 0 radical (unpaired) electrons. The van der Waals surface area contributed by atoms with Crippen LogP contribution in [0.4, 0.5) is 10.1 Å². The van der Waals surface area contributed by atoms with Gasteiger partial charge in [0.25, 0.3) is 11.8 Å². The highest BCUT2D eigenvalue weighted by Crippen LogP contribution is 2.38. The van der Waals surface area contributed by atoms with Crippen molar-refractivity contribution in [3.8, 4) is 29.1 Å². The van der Waals surface area contributed by atoms with Gasteiger partial charge in [0.2, 0.25) is 0 Å². The Kier molecular flexibility index (Phi) is 8.75. The molecule has 11 nitrogen and oxygen atoms in total. The Morgan fingerprint density at radius 3 is 2.63 bits per heavy atom. The maximum atomic E-state index is 13.2. The number of benzene rings is 2.